The molecule has 0 aliphatic carbocycles. The van der Waals surface area contributed by atoms with E-state index in [4.69, 9.17) is 5.73 Å². The van der Waals surface area contributed by atoms with Crippen molar-refractivity contribution in [2.24, 2.45) is 5.73 Å². The summed E-state index contributed by atoms with van der Waals surface area (Å²) in [6.07, 6.45) is -2.80. The van der Waals surface area contributed by atoms with Crippen molar-refractivity contribution < 1.29 is 18.3 Å². The molecule has 3 nitrogen and oxygen atoms in total. The topological polar surface area (TPSA) is 49.5 Å². The van der Waals surface area contributed by atoms with Crippen LogP contribution in [0.3, 0.4) is 0 Å². The van der Waals surface area contributed by atoms with Crippen molar-refractivity contribution in [1.29, 1.82) is 0 Å². The average Bonchev–Trinajstić information content (AvgIpc) is 2.27. The summed E-state index contributed by atoms with van der Waals surface area (Å²) in [5, 5.41) is 9.84. The molecule has 1 rings (SSSR count). The van der Waals surface area contributed by atoms with Crippen LogP contribution in [0, 0.1) is 0 Å². The largest absolute Gasteiger partial charge is 0.401 e. The second-order valence-electron chi connectivity index (χ2n) is 4.17. The zero-order valence-corrected chi connectivity index (χ0v) is 8.56. The Labute approximate surface area is 87.0 Å². The lowest BCUT2D eigenvalue weighted by Crippen LogP contribution is -2.40. The molecule has 1 aliphatic heterocycles. The van der Waals surface area contributed by atoms with Gasteiger partial charge in [-0.3, -0.25) is 4.90 Å². The summed E-state index contributed by atoms with van der Waals surface area (Å²) in [4.78, 5) is 1.33. The number of hydrogen-bond acceptors (Lipinski definition) is 3. The number of nitrogens with two attached hydrogens (primary N) is 1. The van der Waals surface area contributed by atoms with E-state index in [2.05, 4.69) is 0 Å². The molecule has 15 heavy (non-hydrogen) atoms. The van der Waals surface area contributed by atoms with Crippen LogP contribution >= 0.6 is 0 Å². The lowest BCUT2D eigenvalue weighted by Gasteiger charge is -2.25. The number of alkyl halides is 3. The SMILES string of the molecule is NCC1(O)CCCN(CC(F)(F)F)CC1. The fourth-order valence-corrected chi connectivity index (χ4v) is 1.85. The Morgan fingerprint density at radius 3 is 2.47 bits per heavy atom. The fraction of sp³-hybridized carbons (Fsp3) is 1.00. The molecule has 0 bridgehead atoms. The Balaban J connectivity index is 2.46. The molecule has 0 aromatic heterocycles. The molecule has 0 radical (unpaired) electrons. The van der Waals surface area contributed by atoms with Crippen molar-refractivity contribution in [2.45, 2.75) is 31.0 Å². The van der Waals surface area contributed by atoms with Crippen LogP contribution in [0.25, 0.3) is 0 Å². The lowest BCUT2D eigenvalue weighted by molar-refractivity contribution is -0.146. The summed E-state index contributed by atoms with van der Waals surface area (Å²) in [7, 11) is 0. The van der Waals surface area contributed by atoms with E-state index >= 15 is 0 Å². The van der Waals surface area contributed by atoms with Crippen molar-refractivity contribution in [2.75, 3.05) is 26.2 Å². The van der Waals surface area contributed by atoms with E-state index in [1.807, 2.05) is 0 Å². The van der Waals surface area contributed by atoms with E-state index in [0.717, 1.165) is 0 Å². The summed E-state index contributed by atoms with van der Waals surface area (Å²) in [5.41, 5.74) is 4.42. The number of hydrogen-bond donors (Lipinski definition) is 2. The molecule has 1 aliphatic rings. The Bertz CT molecular complexity index is 210. The summed E-state index contributed by atoms with van der Waals surface area (Å²) in [5.74, 6) is 0. The maximum absolute atomic E-state index is 12.1. The highest BCUT2D eigenvalue weighted by Gasteiger charge is 2.34. The Morgan fingerprint density at radius 2 is 1.93 bits per heavy atom. The van der Waals surface area contributed by atoms with Crippen LogP contribution in [0.1, 0.15) is 19.3 Å². The molecule has 1 saturated heterocycles. The molecule has 0 aromatic carbocycles. The minimum atomic E-state index is -4.16. The summed E-state index contributed by atoms with van der Waals surface area (Å²) in [6, 6.07) is 0. The van der Waals surface area contributed by atoms with E-state index in [9.17, 15) is 18.3 Å². The number of aliphatic hydroxyl groups is 1. The third-order valence-corrected chi connectivity index (χ3v) is 2.79. The molecule has 0 saturated carbocycles. The number of halogens is 3. The van der Waals surface area contributed by atoms with Gasteiger partial charge in [-0.05, 0) is 25.8 Å². The van der Waals surface area contributed by atoms with E-state index < -0.39 is 18.3 Å². The quantitative estimate of drug-likeness (QED) is 0.729. The van der Waals surface area contributed by atoms with Crippen LogP contribution < -0.4 is 5.73 Å². The van der Waals surface area contributed by atoms with Crippen molar-refractivity contribution in [1.82, 2.24) is 4.90 Å². The van der Waals surface area contributed by atoms with Crippen LogP contribution in [0.2, 0.25) is 0 Å². The zero-order valence-electron chi connectivity index (χ0n) is 8.56. The first-order valence-corrected chi connectivity index (χ1v) is 5.06. The summed E-state index contributed by atoms with van der Waals surface area (Å²) < 4.78 is 36.4. The summed E-state index contributed by atoms with van der Waals surface area (Å²) >= 11 is 0. The number of nitrogens with zero attached hydrogens (tertiary/aromatic N) is 1. The molecule has 1 heterocycles. The van der Waals surface area contributed by atoms with E-state index in [1.54, 1.807) is 0 Å². The van der Waals surface area contributed by atoms with Crippen LogP contribution in [-0.4, -0.2) is 48.0 Å². The van der Waals surface area contributed by atoms with Gasteiger partial charge in [-0.2, -0.15) is 13.2 Å². The van der Waals surface area contributed by atoms with Crippen LogP contribution in [0.15, 0.2) is 0 Å². The van der Waals surface area contributed by atoms with Gasteiger partial charge in [0.25, 0.3) is 0 Å². The predicted octanol–water partition coefficient (Wildman–Crippen LogP) is 0.724. The molecule has 0 spiro atoms. The molecule has 1 fully saturated rings. The molecule has 90 valence electrons. The molecule has 0 aromatic rings. The van der Waals surface area contributed by atoms with Gasteiger partial charge in [0.2, 0.25) is 0 Å². The Kier molecular flexibility index (Phi) is 3.97. The standard InChI is InChI=1S/C9H17F3N2O/c10-9(11,12)7-14-4-1-2-8(15,6-13)3-5-14/h15H,1-7,13H2. The average molecular weight is 226 g/mol. The number of likely N-dealkylation sites (tertiary alicyclic amines) is 1. The first kappa shape index (κ1) is 12.7. The van der Waals surface area contributed by atoms with Gasteiger partial charge in [0.15, 0.2) is 0 Å². The van der Waals surface area contributed by atoms with Crippen molar-refractivity contribution >= 4 is 0 Å². The fourth-order valence-electron chi connectivity index (χ4n) is 1.85. The van der Waals surface area contributed by atoms with E-state index in [0.29, 0.717) is 25.8 Å². The molecule has 6 heteroatoms. The van der Waals surface area contributed by atoms with Crippen molar-refractivity contribution in [3.8, 4) is 0 Å². The normalized spacial score (nSPS) is 30.2. The predicted molar refractivity (Wildman–Crippen MR) is 50.4 cm³/mol. The first-order valence-electron chi connectivity index (χ1n) is 5.06. The van der Waals surface area contributed by atoms with Crippen molar-refractivity contribution in [3.05, 3.63) is 0 Å². The third kappa shape index (κ3) is 4.36. The molecule has 3 N–H and O–H groups in total. The van der Waals surface area contributed by atoms with Crippen LogP contribution in [0.5, 0.6) is 0 Å². The van der Waals surface area contributed by atoms with E-state index in [-0.39, 0.29) is 13.1 Å². The van der Waals surface area contributed by atoms with Gasteiger partial charge < -0.3 is 10.8 Å². The zero-order chi connectivity index (χ0) is 11.5. The molecule has 1 atom stereocenters. The van der Waals surface area contributed by atoms with Gasteiger partial charge in [0.1, 0.15) is 0 Å². The van der Waals surface area contributed by atoms with Gasteiger partial charge in [0, 0.05) is 13.1 Å². The van der Waals surface area contributed by atoms with Gasteiger partial charge in [-0.25, -0.2) is 0 Å². The minimum Gasteiger partial charge on any atom is -0.389 e. The highest BCUT2D eigenvalue weighted by Crippen LogP contribution is 2.24. The highest BCUT2D eigenvalue weighted by atomic mass is 19.4. The van der Waals surface area contributed by atoms with Crippen LogP contribution in [0.4, 0.5) is 13.2 Å². The lowest BCUT2D eigenvalue weighted by atomic mass is 9.95. The maximum Gasteiger partial charge on any atom is 0.401 e. The first-order chi connectivity index (χ1) is 6.85. The third-order valence-electron chi connectivity index (χ3n) is 2.79. The van der Waals surface area contributed by atoms with Gasteiger partial charge in [-0.15, -0.1) is 0 Å². The second-order valence-corrected chi connectivity index (χ2v) is 4.17. The molecular formula is C9H17F3N2O. The Hall–Kier alpha value is -0.330. The molecule has 0 amide bonds. The van der Waals surface area contributed by atoms with Gasteiger partial charge in [-0.1, -0.05) is 0 Å². The van der Waals surface area contributed by atoms with Crippen LogP contribution in [-0.2, 0) is 0 Å². The molecule has 1 unspecified atom stereocenters. The minimum absolute atomic E-state index is 0.118. The Morgan fingerprint density at radius 1 is 1.27 bits per heavy atom. The maximum atomic E-state index is 12.1. The second kappa shape index (κ2) is 4.67. The highest BCUT2D eigenvalue weighted by molar-refractivity contribution is 4.84. The van der Waals surface area contributed by atoms with Gasteiger partial charge in [0.05, 0.1) is 12.1 Å². The van der Waals surface area contributed by atoms with E-state index in [1.165, 1.54) is 4.90 Å². The smallest absolute Gasteiger partial charge is 0.389 e. The van der Waals surface area contributed by atoms with Gasteiger partial charge >= 0.3 is 6.18 Å². The van der Waals surface area contributed by atoms with Crippen molar-refractivity contribution in [3.63, 3.8) is 0 Å². The monoisotopic (exact) mass is 226 g/mol. The molecular weight excluding hydrogens is 209 g/mol. The number of rotatable bonds is 2. The summed E-state index contributed by atoms with van der Waals surface area (Å²) in [6.45, 7) is -0.143.